The van der Waals surface area contributed by atoms with E-state index < -0.39 is 6.10 Å². The molecule has 0 saturated heterocycles. The van der Waals surface area contributed by atoms with Gasteiger partial charge in [-0.3, -0.25) is 0 Å². The van der Waals surface area contributed by atoms with Gasteiger partial charge in [0.1, 0.15) is 0 Å². The zero-order valence-electron chi connectivity index (χ0n) is 20.2. The minimum absolute atomic E-state index is 0.00215. The van der Waals surface area contributed by atoms with Crippen LogP contribution in [0.15, 0.2) is 78.4 Å². The number of hydrogen-bond acceptors (Lipinski definition) is 2. The molecule has 3 atom stereocenters. The Morgan fingerprint density at radius 2 is 1.85 bits per heavy atom. The van der Waals surface area contributed by atoms with Gasteiger partial charge in [0.25, 0.3) is 0 Å². The first-order valence-electron chi connectivity index (χ1n) is 12.7. The van der Waals surface area contributed by atoms with Crippen LogP contribution < -0.4 is 5.73 Å². The summed E-state index contributed by atoms with van der Waals surface area (Å²) in [6.07, 6.45) is 16.8. The van der Waals surface area contributed by atoms with E-state index in [4.69, 9.17) is 5.73 Å². The topological polar surface area (TPSA) is 46.2 Å². The van der Waals surface area contributed by atoms with Crippen molar-refractivity contribution in [2.45, 2.75) is 70.4 Å². The van der Waals surface area contributed by atoms with E-state index in [1.165, 1.54) is 47.9 Å². The van der Waals surface area contributed by atoms with Crippen molar-refractivity contribution in [3.05, 3.63) is 101 Å². The van der Waals surface area contributed by atoms with E-state index in [1.54, 1.807) is 0 Å². The number of hydrogen-bond donors (Lipinski definition) is 2. The van der Waals surface area contributed by atoms with Crippen LogP contribution in [0, 0.1) is 18.8 Å². The maximum absolute atomic E-state index is 10.8. The molecule has 174 valence electrons. The molecule has 2 aliphatic carbocycles. The summed E-state index contributed by atoms with van der Waals surface area (Å²) in [4.78, 5) is 0. The Balaban J connectivity index is 1.30. The molecule has 0 radical (unpaired) electrons. The highest BCUT2D eigenvalue weighted by Gasteiger charge is 2.31. The first-order chi connectivity index (χ1) is 16.0. The van der Waals surface area contributed by atoms with Gasteiger partial charge in [-0.25, -0.2) is 0 Å². The zero-order chi connectivity index (χ0) is 23.2. The van der Waals surface area contributed by atoms with Crippen LogP contribution in [0.4, 0.5) is 0 Å². The molecule has 1 fully saturated rings. The largest absolute Gasteiger partial charge is 0.388 e. The number of aliphatic hydroxyl groups excluding tert-OH is 1. The number of nitrogens with two attached hydrogens (primary N) is 1. The summed E-state index contributed by atoms with van der Waals surface area (Å²) in [5.74, 6) is 1.71. The van der Waals surface area contributed by atoms with Gasteiger partial charge >= 0.3 is 0 Å². The third-order valence-electron chi connectivity index (χ3n) is 7.69. The van der Waals surface area contributed by atoms with Gasteiger partial charge in [-0.05, 0) is 98.0 Å². The van der Waals surface area contributed by atoms with Crippen molar-refractivity contribution in [3.63, 3.8) is 0 Å². The van der Waals surface area contributed by atoms with Crippen molar-refractivity contribution in [2.75, 3.05) is 0 Å². The maximum atomic E-state index is 10.8. The molecule has 0 bridgehead atoms. The molecule has 2 unspecified atom stereocenters. The Bertz CT molecular complexity index is 1010. The molecule has 0 spiro atoms. The third-order valence-corrected chi connectivity index (χ3v) is 7.69. The lowest BCUT2D eigenvalue weighted by Crippen LogP contribution is -2.36. The van der Waals surface area contributed by atoms with Crippen LogP contribution in [0.2, 0.25) is 0 Å². The summed E-state index contributed by atoms with van der Waals surface area (Å²) in [6.45, 7) is 4.27. The van der Waals surface area contributed by atoms with Crippen LogP contribution in [0.1, 0.15) is 67.2 Å². The standard InChI is InChI=1S/C31H39NO/c1-3-7-23-9-6-10-24(20-23)12-19-31(33)27-17-18-29(30(32)21-27)26-15-13-25(14-16-26)28-11-5-4-8-22(28)2/h3-11,17-18,20-21,25-26,29-31,33H,12-16,19,32H2,1-2H3/t25?,26?,29-,30?,31?/m0/s1. The minimum Gasteiger partial charge on any atom is -0.388 e. The lowest BCUT2D eigenvalue weighted by molar-refractivity contribution is 0.200. The van der Waals surface area contributed by atoms with Gasteiger partial charge in [0.2, 0.25) is 0 Å². The number of allylic oxidation sites excluding steroid dienone is 1. The van der Waals surface area contributed by atoms with E-state index >= 15 is 0 Å². The Morgan fingerprint density at radius 1 is 1.06 bits per heavy atom. The van der Waals surface area contributed by atoms with E-state index in [-0.39, 0.29) is 6.04 Å². The molecular weight excluding hydrogens is 402 g/mol. The molecule has 2 heteroatoms. The second-order valence-electron chi connectivity index (χ2n) is 9.95. The molecular formula is C31H39NO. The normalized spacial score (nSPS) is 26.4. The van der Waals surface area contributed by atoms with Gasteiger partial charge in [0, 0.05) is 6.04 Å². The summed E-state index contributed by atoms with van der Waals surface area (Å²) in [5.41, 5.74) is 13.0. The molecule has 3 N–H and O–H groups in total. The van der Waals surface area contributed by atoms with Gasteiger partial charge in [-0.15, -0.1) is 0 Å². The average Bonchev–Trinajstić information content (AvgIpc) is 2.83. The highest BCUT2D eigenvalue weighted by molar-refractivity contribution is 5.50. The molecule has 2 aromatic rings. The van der Waals surface area contributed by atoms with Crippen molar-refractivity contribution in [1.29, 1.82) is 0 Å². The first-order valence-corrected chi connectivity index (χ1v) is 12.7. The van der Waals surface area contributed by atoms with Crippen LogP contribution in [-0.2, 0) is 6.42 Å². The smallest absolute Gasteiger partial charge is 0.0790 e. The van der Waals surface area contributed by atoms with E-state index in [1.807, 2.05) is 6.92 Å². The summed E-state index contributed by atoms with van der Waals surface area (Å²) in [5, 5.41) is 10.8. The predicted molar refractivity (Wildman–Crippen MR) is 140 cm³/mol. The number of rotatable bonds is 7. The fourth-order valence-corrected chi connectivity index (χ4v) is 5.81. The highest BCUT2D eigenvalue weighted by Crippen LogP contribution is 2.41. The Labute approximate surface area is 199 Å². The lowest BCUT2D eigenvalue weighted by Gasteiger charge is -2.37. The SMILES string of the molecule is CC=Cc1cccc(CCC(O)C2=CC(N)[C@H](C3CCC(c4ccccc4C)CC3)C=C2)c1. The lowest BCUT2D eigenvalue weighted by atomic mass is 9.70. The van der Waals surface area contributed by atoms with Crippen molar-refractivity contribution in [1.82, 2.24) is 0 Å². The summed E-state index contributed by atoms with van der Waals surface area (Å²) in [7, 11) is 0. The van der Waals surface area contributed by atoms with Gasteiger partial charge in [0.05, 0.1) is 6.10 Å². The van der Waals surface area contributed by atoms with Crippen molar-refractivity contribution < 1.29 is 5.11 Å². The Kier molecular flexibility index (Phi) is 8.01. The number of aliphatic hydroxyl groups is 1. The monoisotopic (exact) mass is 441 g/mol. The Morgan fingerprint density at radius 3 is 2.58 bits per heavy atom. The molecule has 0 amide bonds. The predicted octanol–water partition coefficient (Wildman–Crippen LogP) is 6.74. The highest BCUT2D eigenvalue weighted by atomic mass is 16.3. The minimum atomic E-state index is -0.463. The molecule has 2 aliphatic rings. The summed E-state index contributed by atoms with van der Waals surface area (Å²) in [6, 6.07) is 17.4. The van der Waals surface area contributed by atoms with Crippen molar-refractivity contribution in [3.8, 4) is 0 Å². The van der Waals surface area contributed by atoms with Crippen molar-refractivity contribution in [2.24, 2.45) is 17.6 Å². The fourth-order valence-electron chi connectivity index (χ4n) is 5.81. The first kappa shape index (κ1) is 23.7. The molecule has 33 heavy (non-hydrogen) atoms. The second-order valence-corrected chi connectivity index (χ2v) is 9.95. The van der Waals surface area contributed by atoms with Gasteiger partial charge in [0.15, 0.2) is 0 Å². The second kappa shape index (κ2) is 11.1. The summed E-state index contributed by atoms with van der Waals surface area (Å²) >= 11 is 0. The number of aryl methyl sites for hydroxylation is 2. The third kappa shape index (κ3) is 5.93. The van der Waals surface area contributed by atoms with Crippen molar-refractivity contribution >= 4 is 6.08 Å². The number of benzene rings is 2. The molecule has 0 heterocycles. The molecule has 2 nitrogen and oxygen atoms in total. The molecule has 4 rings (SSSR count). The molecule has 1 saturated carbocycles. The van der Waals surface area contributed by atoms with E-state index in [2.05, 4.69) is 85.8 Å². The van der Waals surface area contributed by atoms with Gasteiger partial charge < -0.3 is 10.8 Å². The van der Waals surface area contributed by atoms with Crippen LogP contribution in [-0.4, -0.2) is 17.3 Å². The van der Waals surface area contributed by atoms with E-state index in [9.17, 15) is 5.11 Å². The average molecular weight is 442 g/mol. The molecule has 0 aliphatic heterocycles. The molecule has 0 aromatic heterocycles. The quantitative estimate of drug-likeness (QED) is 0.500. The van der Waals surface area contributed by atoms with Crippen LogP contribution >= 0.6 is 0 Å². The van der Waals surface area contributed by atoms with Crippen LogP contribution in [0.25, 0.3) is 6.08 Å². The van der Waals surface area contributed by atoms with E-state index in [0.29, 0.717) is 24.2 Å². The maximum Gasteiger partial charge on any atom is 0.0790 e. The summed E-state index contributed by atoms with van der Waals surface area (Å²) < 4.78 is 0. The fraction of sp³-hybridized carbons (Fsp3) is 0.419. The van der Waals surface area contributed by atoms with Gasteiger partial charge in [-0.1, -0.05) is 78.9 Å². The molecule has 2 aromatic carbocycles. The van der Waals surface area contributed by atoms with Crippen LogP contribution in [0.3, 0.4) is 0 Å². The van der Waals surface area contributed by atoms with Gasteiger partial charge in [-0.2, -0.15) is 0 Å². The van der Waals surface area contributed by atoms with E-state index in [0.717, 1.165) is 12.0 Å². The zero-order valence-corrected chi connectivity index (χ0v) is 20.2. The Hall–Kier alpha value is -2.42. The van der Waals surface area contributed by atoms with Crippen LogP contribution in [0.5, 0.6) is 0 Å².